The molecule has 0 bridgehead atoms. The van der Waals surface area contributed by atoms with Gasteiger partial charge in [0.2, 0.25) is 5.91 Å². The standard InChI is InChI=1S/C13H8ClFO.C7H14N2O3.C3H8/c14-10-7-5-9(6-8-10)13(16)11-3-1-2-4-12(11)15;1-7(2,3)12-6(11)9-4-5(8)10;1-3-2/h1-8H;4H2,1-3H3,(H2,8,10)(H,9,11);3H2,1-2H3. The van der Waals surface area contributed by atoms with Crippen molar-refractivity contribution < 1.29 is 23.5 Å². The molecule has 2 aromatic rings. The number of alkyl carbamates (subject to hydrolysis) is 1. The van der Waals surface area contributed by atoms with E-state index in [1.54, 1.807) is 57.2 Å². The highest BCUT2D eigenvalue weighted by atomic mass is 35.5. The molecule has 0 saturated heterocycles. The zero-order chi connectivity index (χ0) is 24.0. The van der Waals surface area contributed by atoms with E-state index in [1.807, 2.05) is 0 Å². The molecule has 0 radical (unpaired) electrons. The van der Waals surface area contributed by atoms with E-state index < -0.39 is 23.4 Å². The van der Waals surface area contributed by atoms with Crippen LogP contribution in [-0.4, -0.2) is 29.9 Å². The summed E-state index contributed by atoms with van der Waals surface area (Å²) in [7, 11) is 0. The van der Waals surface area contributed by atoms with Gasteiger partial charge in [0.05, 0.1) is 12.1 Å². The molecule has 0 spiro atoms. The zero-order valence-electron chi connectivity index (χ0n) is 18.5. The monoisotopic (exact) mass is 452 g/mol. The van der Waals surface area contributed by atoms with Crippen LogP contribution in [0.15, 0.2) is 48.5 Å². The van der Waals surface area contributed by atoms with Gasteiger partial charge in [0, 0.05) is 10.6 Å². The summed E-state index contributed by atoms with van der Waals surface area (Å²) in [6, 6.07) is 12.3. The van der Waals surface area contributed by atoms with Gasteiger partial charge in [-0.05, 0) is 57.2 Å². The van der Waals surface area contributed by atoms with Gasteiger partial charge in [-0.15, -0.1) is 0 Å². The average molecular weight is 453 g/mol. The largest absolute Gasteiger partial charge is 0.444 e. The van der Waals surface area contributed by atoms with E-state index in [1.165, 1.54) is 18.6 Å². The number of benzene rings is 2. The SMILES string of the molecule is CC(C)(C)OC(=O)NCC(N)=O.CCC.O=C(c1ccc(Cl)cc1)c1ccccc1F. The first-order valence-electron chi connectivity index (χ1n) is 9.71. The number of halogens is 2. The minimum atomic E-state index is -0.638. The Hall–Kier alpha value is -2.93. The summed E-state index contributed by atoms with van der Waals surface area (Å²) in [5.41, 5.74) is 4.74. The number of ketones is 1. The minimum Gasteiger partial charge on any atom is -0.444 e. The number of hydrogen-bond donors (Lipinski definition) is 2. The molecule has 0 fully saturated rings. The minimum absolute atomic E-state index is 0.0739. The zero-order valence-corrected chi connectivity index (χ0v) is 19.3. The molecule has 0 saturated carbocycles. The van der Waals surface area contributed by atoms with Gasteiger partial charge in [-0.25, -0.2) is 9.18 Å². The number of rotatable bonds is 4. The van der Waals surface area contributed by atoms with Crippen molar-refractivity contribution in [3.63, 3.8) is 0 Å². The van der Waals surface area contributed by atoms with Gasteiger partial charge in [0.15, 0.2) is 5.78 Å². The van der Waals surface area contributed by atoms with Crippen LogP contribution in [0.2, 0.25) is 5.02 Å². The van der Waals surface area contributed by atoms with E-state index in [9.17, 15) is 18.8 Å². The number of carbonyl (C=O) groups excluding carboxylic acids is 3. The third-order valence-electron chi connectivity index (χ3n) is 3.03. The molecule has 0 heterocycles. The fourth-order valence-electron chi connectivity index (χ4n) is 1.88. The molecule has 0 aliphatic rings. The van der Waals surface area contributed by atoms with Crippen LogP contribution >= 0.6 is 11.6 Å². The van der Waals surface area contributed by atoms with Gasteiger partial charge in [-0.3, -0.25) is 9.59 Å². The lowest BCUT2D eigenvalue weighted by Gasteiger charge is -2.19. The highest BCUT2D eigenvalue weighted by Crippen LogP contribution is 2.15. The second-order valence-electron chi connectivity index (χ2n) is 7.34. The number of hydrogen-bond acceptors (Lipinski definition) is 4. The van der Waals surface area contributed by atoms with Gasteiger partial charge in [0.1, 0.15) is 11.4 Å². The molecule has 0 unspecified atom stereocenters. The highest BCUT2D eigenvalue weighted by molar-refractivity contribution is 6.30. The predicted octanol–water partition coefficient (Wildman–Crippen LogP) is 5.12. The summed E-state index contributed by atoms with van der Waals surface area (Å²) < 4.78 is 18.2. The molecule has 31 heavy (non-hydrogen) atoms. The lowest BCUT2D eigenvalue weighted by Crippen LogP contribution is -2.37. The maximum absolute atomic E-state index is 13.4. The van der Waals surface area contributed by atoms with Crippen LogP contribution in [-0.2, 0) is 9.53 Å². The maximum Gasteiger partial charge on any atom is 0.408 e. The normalized spacial score (nSPS) is 9.90. The van der Waals surface area contributed by atoms with Gasteiger partial charge in [-0.2, -0.15) is 0 Å². The Balaban J connectivity index is 0.000000535. The fourth-order valence-corrected chi connectivity index (χ4v) is 2.00. The first kappa shape index (κ1) is 28.1. The molecule has 3 N–H and O–H groups in total. The lowest BCUT2D eigenvalue weighted by atomic mass is 10.0. The summed E-state index contributed by atoms with van der Waals surface area (Å²) in [6.45, 7) is 9.25. The lowest BCUT2D eigenvalue weighted by molar-refractivity contribution is -0.117. The van der Waals surface area contributed by atoms with E-state index in [4.69, 9.17) is 22.1 Å². The summed E-state index contributed by atoms with van der Waals surface area (Å²) in [4.78, 5) is 32.9. The van der Waals surface area contributed by atoms with Gasteiger partial charge >= 0.3 is 6.09 Å². The topological polar surface area (TPSA) is 98.5 Å². The third-order valence-corrected chi connectivity index (χ3v) is 3.28. The Bertz CT molecular complexity index is 849. The van der Waals surface area contributed by atoms with Crippen LogP contribution in [0.1, 0.15) is 57.0 Å². The number of primary amides is 1. The van der Waals surface area contributed by atoms with Crippen LogP contribution in [0.3, 0.4) is 0 Å². The van der Waals surface area contributed by atoms with Crippen molar-refractivity contribution in [3.05, 3.63) is 70.5 Å². The first-order valence-corrected chi connectivity index (χ1v) is 10.1. The van der Waals surface area contributed by atoms with E-state index in [0.29, 0.717) is 10.6 Å². The van der Waals surface area contributed by atoms with Crippen molar-refractivity contribution in [1.29, 1.82) is 0 Å². The van der Waals surface area contributed by atoms with E-state index >= 15 is 0 Å². The quantitative estimate of drug-likeness (QED) is 0.628. The van der Waals surface area contributed by atoms with Crippen molar-refractivity contribution in [2.24, 2.45) is 5.73 Å². The van der Waals surface area contributed by atoms with Gasteiger partial charge in [0.25, 0.3) is 0 Å². The average Bonchev–Trinajstić information content (AvgIpc) is 2.67. The Morgan fingerprint density at radius 1 is 1.03 bits per heavy atom. The molecule has 8 heteroatoms. The van der Waals surface area contributed by atoms with Crippen LogP contribution in [0, 0.1) is 5.82 Å². The summed E-state index contributed by atoms with van der Waals surface area (Å²) in [6.07, 6.45) is 0.612. The van der Waals surface area contributed by atoms with Crippen LogP contribution < -0.4 is 11.1 Å². The molecule has 2 amide bonds. The van der Waals surface area contributed by atoms with E-state index in [-0.39, 0.29) is 17.9 Å². The van der Waals surface area contributed by atoms with Crippen molar-refractivity contribution >= 4 is 29.4 Å². The molecule has 2 rings (SSSR count). The molecule has 170 valence electrons. The number of nitrogens with one attached hydrogen (secondary N) is 1. The van der Waals surface area contributed by atoms with Crippen LogP contribution in [0.5, 0.6) is 0 Å². The molecule has 0 aromatic heterocycles. The number of ether oxygens (including phenoxy) is 1. The molecular weight excluding hydrogens is 423 g/mol. The fraction of sp³-hybridized carbons (Fsp3) is 0.348. The second kappa shape index (κ2) is 14.1. The van der Waals surface area contributed by atoms with Crippen molar-refractivity contribution in [3.8, 4) is 0 Å². The van der Waals surface area contributed by atoms with Crippen molar-refractivity contribution in [1.82, 2.24) is 5.32 Å². The van der Waals surface area contributed by atoms with Crippen molar-refractivity contribution in [2.45, 2.75) is 46.6 Å². The van der Waals surface area contributed by atoms with E-state index in [0.717, 1.165) is 0 Å². The molecule has 6 nitrogen and oxygen atoms in total. The molecule has 0 aliphatic carbocycles. The maximum atomic E-state index is 13.4. The first-order chi connectivity index (χ1) is 14.4. The van der Waals surface area contributed by atoms with Crippen LogP contribution in [0.25, 0.3) is 0 Å². The number of nitrogens with two attached hydrogens (primary N) is 1. The smallest absolute Gasteiger partial charge is 0.408 e. The van der Waals surface area contributed by atoms with Gasteiger partial charge < -0.3 is 15.8 Å². The molecule has 0 aliphatic heterocycles. The van der Waals surface area contributed by atoms with Crippen molar-refractivity contribution in [2.75, 3.05) is 6.54 Å². The number of carbonyl (C=O) groups is 3. The Labute approximate surface area is 187 Å². The van der Waals surface area contributed by atoms with E-state index in [2.05, 4.69) is 19.2 Å². The Morgan fingerprint density at radius 2 is 1.55 bits per heavy atom. The molecular formula is C23H30ClFN2O4. The third kappa shape index (κ3) is 13.1. The Morgan fingerprint density at radius 3 is 2.00 bits per heavy atom. The predicted molar refractivity (Wildman–Crippen MR) is 121 cm³/mol. The van der Waals surface area contributed by atoms with Crippen LogP contribution in [0.4, 0.5) is 9.18 Å². The second-order valence-corrected chi connectivity index (χ2v) is 7.78. The summed E-state index contributed by atoms with van der Waals surface area (Å²) in [5.74, 6) is -1.45. The highest BCUT2D eigenvalue weighted by Gasteiger charge is 2.16. The number of amides is 2. The Kier molecular flexibility index (Phi) is 12.8. The molecule has 2 aromatic carbocycles. The summed E-state index contributed by atoms with van der Waals surface area (Å²) >= 11 is 5.71. The molecule has 0 atom stereocenters. The van der Waals surface area contributed by atoms with Gasteiger partial charge in [-0.1, -0.05) is 44.0 Å². The summed E-state index contributed by atoms with van der Waals surface area (Å²) in [5, 5.41) is 2.75.